The molecule has 0 saturated carbocycles. The van der Waals surface area contributed by atoms with E-state index in [1.807, 2.05) is 4.90 Å². The van der Waals surface area contributed by atoms with E-state index in [-0.39, 0.29) is 17.1 Å². The number of nitrogens with zero attached hydrogens (tertiary/aromatic N) is 3. The second-order valence-electron chi connectivity index (χ2n) is 4.00. The first-order valence-corrected chi connectivity index (χ1v) is 6.47. The standard InChI is InChI=1S/C10H12BrClN4O/c11-7-4-14-10(12)15-9(7)16-3-1-2-6(5-16)8(13)17/h4,6H,1-3,5H2,(H2,13,17). The Balaban J connectivity index is 2.21. The van der Waals surface area contributed by atoms with Crippen molar-refractivity contribution in [2.24, 2.45) is 11.7 Å². The van der Waals surface area contributed by atoms with Crippen molar-refractivity contribution in [2.45, 2.75) is 12.8 Å². The van der Waals surface area contributed by atoms with Crippen molar-refractivity contribution >= 4 is 39.3 Å². The van der Waals surface area contributed by atoms with Gasteiger partial charge in [-0.2, -0.15) is 4.98 Å². The summed E-state index contributed by atoms with van der Waals surface area (Å²) in [4.78, 5) is 21.3. The maximum Gasteiger partial charge on any atom is 0.224 e. The average Bonchev–Trinajstić information content (AvgIpc) is 2.32. The highest BCUT2D eigenvalue weighted by molar-refractivity contribution is 9.10. The molecule has 92 valence electrons. The Labute approximate surface area is 112 Å². The predicted octanol–water partition coefficient (Wildman–Crippen LogP) is 1.59. The normalized spacial score (nSPS) is 20.4. The highest BCUT2D eigenvalue weighted by atomic mass is 79.9. The van der Waals surface area contributed by atoms with Crippen LogP contribution in [0.4, 0.5) is 5.82 Å². The molecule has 0 radical (unpaired) electrons. The quantitative estimate of drug-likeness (QED) is 0.840. The van der Waals surface area contributed by atoms with Crippen LogP contribution in [0.15, 0.2) is 10.7 Å². The first-order valence-electron chi connectivity index (χ1n) is 5.30. The fourth-order valence-corrected chi connectivity index (χ4v) is 2.53. The van der Waals surface area contributed by atoms with Crippen LogP contribution >= 0.6 is 27.5 Å². The number of hydrogen-bond donors (Lipinski definition) is 1. The molecule has 1 aromatic heterocycles. The molecular formula is C10H12BrClN4O. The molecule has 1 saturated heterocycles. The van der Waals surface area contributed by atoms with Gasteiger partial charge >= 0.3 is 0 Å². The zero-order valence-electron chi connectivity index (χ0n) is 9.07. The molecule has 0 spiro atoms. The Morgan fingerprint density at radius 2 is 2.41 bits per heavy atom. The molecule has 2 heterocycles. The van der Waals surface area contributed by atoms with Crippen molar-refractivity contribution in [2.75, 3.05) is 18.0 Å². The Kier molecular flexibility index (Phi) is 3.83. The highest BCUT2D eigenvalue weighted by Gasteiger charge is 2.26. The third-order valence-corrected chi connectivity index (χ3v) is 3.56. The van der Waals surface area contributed by atoms with Crippen molar-refractivity contribution in [3.05, 3.63) is 16.0 Å². The third-order valence-electron chi connectivity index (χ3n) is 2.82. The van der Waals surface area contributed by atoms with Gasteiger partial charge in [0.1, 0.15) is 5.82 Å². The van der Waals surface area contributed by atoms with Crippen LogP contribution in [0.3, 0.4) is 0 Å². The molecule has 1 unspecified atom stereocenters. The second kappa shape index (κ2) is 5.18. The molecule has 7 heteroatoms. The molecule has 5 nitrogen and oxygen atoms in total. The number of carbonyl (C=O) groups is 1. The zero-order valence-corrected chi connectivity index (χ0v) is 11.4. The zero-order chi connectivity index (χ0) is 12.4. The molecule has 1 aliphatic rings. The molecular weight excluding hydrogens is 307 g/mol. The second-order valence-corrected chi connectivity index (χ2v) is 5.19. The van der Waals surface area contributed by atoms with Gasteiger partial charge in [0.15, 0.2) is 0 Å². The summed E-state index contributed by atoms with van der Waals surface area (Å²) in [5, 5.41) is 0.199. The van der Waals surface area contributed by atoms with Crippen LogP contribution in [-0.2, 0) is 4.79 Å². The molecule has 1 fully saturated rings. The Hall–Kier alpha value is -0.880. The van der Waals surface area contributed by atoms with Gasteiger partial charge < -0.3 is 10.6 Å². The minimum Gasteiger partial charge on any atom is -0.369 e. The summed E-state index contributed by atoms with van der Waals surface area (Å²) in [7, 11) is 0. The van der Waals surface area contributed by atoms with E-state index in [0.29, 0.717) is 6.54 Å². The largest absolute Gasteiger partial charge is 0.369 e. The van der Waals surface area contributed by atoms with Gasteiger partial charge in [-0.25, -0.2) is 4.98 Å². The molecule has 17 heavy (non-hydrogen) atoms. The van der Waals surface area contributed by atoms with Gasteiger partial charge in [0.2, 0.25) is 11.2 Å². The van der Waals surface area contributed by atoms with Crippen LogP contribution in [0.25, 0.3) is 0 Å². The average molecular weight is 320 g/mol. The molecule has 2 rings (SSSR count). The van der Waals surface area contributed by atoms with Crippen LogP contribution < -0.4 is 10.6 Å². The van der Waals surface area contributed by atoms with E-state index in [4.69, 9.17) is 17.3 Å². The number of carbonyl (C=O) groups excluding carboxylic acids is 1. The topological polar surface area (TPSA) is 72.1 Å². The first kappa shape index (κ1) is 12.6. The van der Waals surface area contributed by atoms with Crippen LogP contribution in [0.2, 0.25) is 5.28 Å². The SMILES string of the molecule is NC(=O)C1CCCN(c2nc(Cl)ncc2Br)C1. The van der Waals surface area contributed by atoms with E-state index >= 15 is 0 Å². The number of anilines is 1. The number of nitrogens with two attached hydrogens (primary N) is 1. The number of hydrogen-bond acceptors (Lipinski definition) is 4. The fraction of sp³-hybridized carbons (Fsp3) is 0.500. The predicted molar refractivity (Wildman–Crippen MR) is 68.9 cm³/mol. The Morgan fingerprint density at radius 3 is 3.12 bits per heavy atom. The van der Waals surface area contributed by atoms with E-state index in [0.717, 1.165) is 29.7 Å². The van der Waals surface area contributed by atoms with Crippen molar-refractivity contribution in [3.8, 4) is 0 Å². The Morgan fingerprint density at radius 1 is 1.65 bits per heavy atom. The summed E-state index contributed by atoms with van der Waals surface area (Å²) < 4.78 is 0.770. The molecule has 0 aliphatic carbocycles. The number of rotatable bonds is 2. The number of amides is 1. The maximum atomic E-state index is 11.2. The smallest absolute Gasteiger partial charge is 0.224 e. The molecule has 0 bridgehead atoms. The fourth-order valence-electron chi connectivity index (χ4n) is 1.96. The van der Waals surface area contributed by atoms with Gasteiger partial charge in [-0.1, -0.05) is 0 Å². The van der Waals surface area contributed by atoms with E-state index in [9.17, 15) is 4.79 Å². The van der Waals surface area contributed by atoms with Gasteiger partial charge in [0.05, 0.1) is 10.4 Å². The van der Waals surface area contributed by atoms with Crippen molar-refractivity contribution in [1.29, 1.82) is 0 Å². The number of aromatic nitrogens is 2. The lowest BCUT2D eigenvalue weighted by Crippen LogP contribution is -2.41. The molecule has 1 atom stereocenters. The van der Waals surface area contributed by atoms with Gasteiger partial charge in [-0.3, -0.25) is 4.79 Å². The lowest BCUT2D eigenvalue weighted by atomic mass is 9.97. The molecule has 1 aliphatic heterocycles. The summed E-state index contributed by atoms with van der Waals surface area (Å²) in [5.74, 6) is 0.339. The monoisotopic (exact) mass is 318 g/mol. The number of primary amides is 1. The minimum atomic E-state index is -0.258. The van der Waals surface area contributed by atoms with Crippen LogP contribution in [0.1, 0.15) is 12.8 Å². The van der Waals surface area contributed by atoms with E-state index in [2.05, 4.69) is 25.9 Å². The van der Waals surface area contributed by atoms with Crippen LogP contribution in [0.5, 0.6) is 0 Å². The maximum absolute atomic E-state index is 11.2. The minimum absolute atomic E-state index is 0.121. The highest BCUT2D eigenvalue weighted by Crippen LogP contribution is 2.28. The van der Waals surface area contributed by atoms with Crippen molar-refractivity contribution in [3.63, 3.8) is 0 Å². The summed E-state index contributed by atoms with van der Waals surface area (Å²) in [6.07, 6.45) is 3.36. The van der Waals surface area contributed by atoms with Crippen molar-refractivity contribution < 1.29 is 4.79 Å². The van der Waals surface area contributed by atoms with E-state index < -0.39 is 0 Å². The Bertz CT molecular complexity index is 442. The van der Waals surface area contributed by atoms with Crippen LogP contribution in [-0.4, -0.2) is 29.0 Å². The summed E-state index contributed by atoms with van der Waals surface area (Å²) in [6, 6.07) is 0. The summed E-state index contributed by atoms with van der Waals surface area (Å²) >= 11 is 9.16. The lowest BCUT2D eigenvalue weighted by molar-refractivity contribution is -0.122. The number of halogens is 2. The van der Waals surface area contributed by atoms with E-state index in [1.165, 1.54) is 0 Å². The van der Waals surface area contributed by atoms with Gasteiger partial charge in [-0.15, -0.1) is 0 Å². The third kappa shape index (κ3) is 2.87. The van der Waals surface area contributed by atoms with E-state index in [1.54, 1.807) is 6.20 Å². The molecule has 0 aromatic carbocycles. The summed E-state index contributed by atoms with van der Waals surface area (Å²) in [5.41, 5.74) is 5.34. The summed E-state index contributed by atoms with van der Waals surface area (Å²) in [6.45, 7) is 1.43. The molecule has 1 amide bonds. The van der Waals surface area contributed by atoms with Crippen molar-refractivity contribution in [1.82, 2.24) is 9.97 Å². The van der Waals surface area contributed by atoms with Gasteiger partial charge in [0, 0.05) is 19.3 Å². The van der Waals surface area contributed by atoms with Gasteiger partial charge in [-0.05, 0) is 40.4 Å². The van der Waals surface area contributed by atoms with Gasteiger partial charge in [0.25, 0.3) is 0 Å². The molecule has 2 N–H and O–H groups in total. The number of piperidine rings is 1. The lowest BCUT2D eigenvalue weighted by Gasteiger charge is -2.32. The van der Waals surface area contributed by atoms with Crippen LogP contribution in [0, 0.1) is 5.92 Å². The first-order chi connectivity index (χ1) is 8.08. The molecule has 1 aromatic rings.